The lowest BCUT2D eigenvalue weighted by Gasteiger charge is -2.19. The number of nitrogens with two attached hydrogens (primary N) is 1. The Kier molecular flexibility index (Phi) is 5.22. The van der Waals surface area contributed by atoms with E-state index in [9.17, 15) is 4.79 Å². The third-order valence-corrected chi connectivity index (χ3v) is 3.64. The maximum absolute atomic E-state index is 12.2. The van der Waals surface area contributed by atoms with Crippen molar-refractivity contribution in [1.29, 1.82) is 0 Å². The number of halogens is 1. The fourth-order valence-electron chi connectivity index (χ4n) is 2.11. The molecule has 0 aliphatic carbocycles. The summed E-state index contributed by atoms with van der Waals surface area (Å²) in [7, 11) is 0. The van der Waals surface area contributed by atoms with E-state index in [1.165, 1.54) is 0 Å². The third-order valence-electron chi connectivity index (χ3n) is 3.33. The van der Waals surface area contributed by atoms with Crippen molar-refractivity contribution in [3.8, 4) is 0 Å². The summed E-state index contributed by atoms with van der Waals surface area (Å²) in [5.74, 6) is 0.593. The molecule has 1 amide bonds. The second-order valence-electron chi connectivity index (χ2n) is 4.77. The van der Waals surface area contributed by atoms with Crippen LogP contribution in [0.15, 0.2) is 36.5 Å². The molecular weight excluding hydrogens is 300 g/mol. The lowest BCUT2D eigenvalue weighted by atomic mass is 10.2. The number of nitrogens with one attached hydrogen (secondary N) is 1. The van der Waals surface area contributed by atoms with Gasteiger partial charge in [-0.25, -0.2) is 4.98 Å². The van der Waals surface area contributed by atoms with Gasteiger partial charge in [-0.2, -0.15) is 0 Å². The molecule has 0 aliphatic rings. The second-order valence-corrected chi connectivity index (χ2v) is 5.18. The summed E-state index contributed by atoms with van der Waals surface area (Å²) in [6.45, 7) is 5.92. The number of carbonyl (C=O) groups is 1. The summed E-state index contributed by atoms with van der Waals surface area (Å²) < 4.78 is 0. The first-order chi connectivity index (χ1) is 10.5. The fourth-order valence-corrected chi connectivity index (χ4v) is 2.38. The van der Waals surface area contributed by atoms with E-state index in [-0.39, 0.29) is 5.91 Å². The molecule has 2 aromatic rings. The number of nitrogen functional groups attached to an aromatic ring is 1. The SMILES string of the molecule is CCN(CC)c1ccc(NC(=O)c2ccc(N)cc2Cl)cn1. The number of nitrogens with zero attached hydrogens (tertiary/aromatic N) is 2. The fraction of sp³-hybridized carbons (Fsp3) is 0.250. The number of rotatable bonds is 5. The minimum absolute atomic E-state index is 0.289. The molecule has 1 aromatic carbocycles. The highest BCUT2D eigenvalue weighted by molar-refractivity contribution is 6.34. The number of benzene rings is 1. The number of aromatic nitrogens is 1. The smallest absolute Gasteiger partial charge is 0.257 e. The molecule has 0 fully saturated rings. The molecule has 116 valence electrons. The normalized spacial score (nSPS) is 10.3. The van der Waals surface area contributed by atoms with Gasteiger partial charge in [-0.05, 0) is 44.2 Å². The van der Waals surface area contributed by atoms with Crippen molar-refractivity contribution in [3.05, 3.63) is 47.1 Å². The summed E-state index contributed by atoms with van der Waals surface area (Å²) in [6, 6.07) is 8.50. The van der Waals surface area contributed by atoms with Gasteiger partial charge in [0.05, 0.1) is 22.5 Å². The van der Waals surface area contributed by atoms with E-state index in [0.29, 0.717) is 22.0 Å². The largest absolute Gasteiger partial charge is 0.399 e. The highest BCUT2D eigenvalue weighted by Crippen LogP contribution is 2.21. The molecule has 0 atom stereocenters. The summed E-state index contributed by atoms with van der Waals surface area (Å²) >= 11 is 6.03. The van der Waals surface area contributed by atoms with Gasteiger partial charge in [0.15, 0.2) is 0 Å². The molecule has 0 radical (unpaired) electrons. The topological polar surface area (TPSA) is 71.2 Å². The standard InChI is InChI=1S/C16H19ClN4O/c1-3-21(4-2)15-8-6-12(10-19-15)20-16(22)13-7-5-11(18)9-14(13)17/h5-10H,3-4,18H2,1-2H3,(H,20,22). The number of hydrogen-bond acceptors (Lipinski definition) is 4. The third kappa shape index (κ3) is 3.68. The molecule has 0 aliphatic heterocycles. The van der Waals surface area contributed by atoms with E-state index in [0.717, 1.165) is 18.9 Å². The van der Waals surface area contributed by atoms with E-state index < -0.39 is 0 Å². The molecule has 1 aromatic heterocycles. The van der Waals surface area contributed by atoms with Crippen LogP contribution in [0.1, 0.15) is 24.2 Å². The van der Waals surface area contributed by atoms with Crippen molar-refractivity contribution in [1.82, 2.24) is 4.98 Å². The van der Waals surface area contributed by atoms with Gasteiger partial charge in [0.2, 0.25) is 0 Å². The van der Waals surface area contributed by atoms with E-state index in [1.807, 2.05) is 12.1 Å². The molecule has 0 saturated carbocycles. The van der Waals surface area contributed by atoms with Crippen molar-refractivity contribution in [3.63, 3.8) is 0 Å². The van der Waals surface area contributed by atoms with Crippen molar-refractivity contribution < 1.29 is 4.79 Å². The summed E-state index contributed by atoms with van der Waals surface area (Å²) in [4.78, 5) is 18.7. The lowest BCUT2D eigenvalue weighted by molar-refractivity contribution is 0.102. The van der Waals surface area contributed by atoms with Gasteiger partial charge in [0.1, 0.15) is 5.82 Å². The molecule has 3 N–H and O–H groups in total. The van der Waals surface area contributed by atoms with Crippen LogP contribution in [0, 0.1) is 0 Å². The first kappa shape index (κ1) is 16.1. The predicted molar refractivity (Wildman–Crippen MR) is 91.6 cm³/mol. The monoisotopic (exact) mass is 318 g/mol. The summed E-state index contributed by atoms with van der Waals surface area (Å²) in [5.41, 5.74) is 7.14. The van der Waals surface area contributed by atoms with Crippen molar-refractivity contribution in [2.75, 3.05) is 29.0 Å². The van der Waals surface area contributed by atoms with Gasteiger partial charge in [-0.3, -0.25) is 4.79 Å². The van der Waals surface area contributed by atoms with Crippen LogP contribution in [0.25, 0.3) is 0 Å². The van der Waals surface area contributed by atoms with Gasteiger partial charge in [0.25, 0.3) is 5.91 Å². The van der Waals surface area contributed by atoms with Gasteiger partial charge in [0, 0.05) is 18.8 Å². The van der Waals surface area contributed by atoms with Gasteiger partial charge < -0.3 is 16.0 Å². The molecule has 6 heteroatoms. The maximum Gasteiger partial charge on any atom is 0.257 e. The highest BCUT2D eigenvalue weighted by atomic mass is 35.5. The molecule has 0 bridgehead atoms. The van der Waals surface area contributed by atoms with E-state index in [4.69, 9.17) is 17.3 Å². The quantitative estimate of drug-likeness (QED) is 0.829. The van der Waals surface area contributed by atoms with E-state index in [2.05, 4.69) is 29.0 Å². The zero-order valence-corrected chi connectivity index (χ0v) is 13.4. The van der Waals surface area contributed by atoms with E-state index in [1.54, 1.807) is 24.4 Å². The van der Waals surface area contributed by atoms with E-state index >= 15 is 0 Å². The zero-order chi connectivity index (χ0) is 16.1. The molecule has 0 saturated heterocycles. The molecule has 2 rings (SSSR count). The number of pyridine rings is 1. The minimum atomic E-state index is -0.289. The molecule has 5 nitrogen and oxygen atoms in total. The zero-order valence-electron chi connectivity index (χ0n) is 12.6. The van der Waals surface area contributed by atoms with Crippen molar-refractivity contribution in [2.45, 2.75) is 13.8 Å². The molecular formula is C16H19ClN4O. The average molecular weight is 319 g/mol. The highest BCUT2D eigenvalue weighted by Gasteiger charge is 2.11. The Morgan fingerprint density at radius 2 is 2.00 bits per heavy atom. The number of anilines is 3. The molecule has 22 heavy (non-hydrogen) atoms. The average Bonchev–Trinajstić information content (AvgIpc) is 2.50. The molecule has 0 spiro atoms. The predicted octanol–water partition coefficient (Wildman–Crippen LogP) is 3.42. The number of amides is 1. The Balaban J connectivity index is 2.12. The Morgan fingerprint density at radius 3 is 2.55 bits per heavy atom. The van der Waals surface area contributed by atoms with Gasteiger partial charge in [-0.15, -0.1) is 0 Å². The first-order valence-electron chi connectivity index (χ1n) is 7.12. The first-order valence-corrected chi connectivity index (χ1v) is 7.50. The Labute approximate surface area is 135 Å². The van der Waals surface area contributed by atoms with Crippen LogP contribution < -0.4 is 16.0 Å². The Morgan fingerprint density at radius 1 is 1.27 bits per heavy atom. The second kappa shape index (κ2) is 7.13. The Bertz CT molecular complexity index is 654. The summed E-state index contributed by atoms with van der Waals surface area (Å²) in [6.07, 6.45) is 1.64. The van der Waals surface area contributed by atoms with Crippen LogP contribution >= 0.6 is 11.6 Å². The van der Waals surface area contributed by atoms with Gasteiger partial charge >= 0.3 is 0 Å². The van der Waals surface area contributed by atoms with Gasteiger partial charge in [-0.1, -0.05) is 11.6 Å². The van der Waals surface area contributed by atoms with Crippen LogP contribution in [-0.2, 0) is 0 Å². The minimum Gasteiger partial charge on any atom is -0.399 e. The molecule has 0 unspecified atom stereocenters. The number of hydrogen-bond donors (Lipinski definition) is 2. The number of carbonyl (C=O) groups excluding carboxylic acids is 1. The van der Waals surface area contributed by atoms with Crippen LogP contribution in [-0.4, -0.2) is 24.0 Å². The Hall–Kier alpha value is -2.27. The van der Waals surface area contributed by atoms with Crippen LogP contribution in [0.5, 0.6) is 0 Å². The van der Waals surface area contributed by atoms with Crippen LogP contribution in [0.4, 0.5) is 17.2 Å². The molecule has 1 heterocycles. The van der Waals surface area contributed by atoms with Crippen molar-refractivity contribution >= 4 is 34.7 Å². The van der Waals surface area contributed by atoms with Crippen molar-refractivity contribution in [2.24, 2.45) is 0 Å². The van der Waals surface area contributed by atoms with Crippen LogP contribution in [0.2, 0.25) is 5.02 Å². The lowest BCUT2D eigenvalue weighted by Crippen LogP contribution is -2.22. The summed E-state index contributed by atoms with van der Waals surface area (Å²) in [5, 5.41) is 3.10. The van der Waals surface area contributed by atoms with Crippen LogP contribution in [0.3, 0.4) is 0 Å². The maximum atomic E-state index is 12.2.